The molecule has 19 heavy (non-hydrogen) atoms. The van der Waals surface area contributed by atoms with Crippen LogP contribution in [0.4, 0.5) is 5.82 Å². The molecule has 5 N–H and O–H groups in total. The maximum Gasteiger partial charge on any atom is 0.167 e. The first-order chi connectivity index (χ1) is 9.21. The zero-order valence-electron chi connectivity index (χ0n) is 10.0. The number of aliphatic hydroxyl groups excluding tert-OH is 3. The van der Waals surface area contributed by atoms with Crippen LogP contribution in [0.3, 0.4) is 0 Å². The molecule has 0 aromatic carbocycles. The van der Waals surface area contributed by atoms with Crippen molar-refractivity contribution in [3.8, 4) is 0 Å². The number of anilines is 1. The summed E-state index contributed by atoms with van der Waals surface area (Å²) in [6.07, 6.45) is 1.06. The maximum absolute atomic E-state index is 9.35. The standard InChI is InChI=1S/C10H15N5O4/c11-9-8-10(13-4-12-9)15(5-14-8)7(3-18)19-6(1-16)2-17/h4-7,16-18H,1-3H2,(H2,11,12,13)/t7-/m1/s1. The largest absolute Gasteiger partial charge is 0.394 e. The lowest BCUT2D eigenvalue weighted by Gasteiger charge is -2.21. The number of imidazole rings is 1. The molecule has 9 heteroatoms. The molecule has 0 saturated heterocycles. The van der Waals surface area contributed by atoms with Crippen LogP contribution in [0.15, 0.2) is 12.7 Å². The second-order valence-electron chi connectivity index (χ2n) is 3.84. The molecule has 0 spiro atoms. The van der Waals surface area contributed by atoms with E-state index in [1.54, 1.807) is 0 Å². The fourth-order valence-electron chi connectivity index (χ4n) is 1.64. The molecule has 0 unspecified atom stereocenters. The molecule has 0 amide bonds. The van der Waals surface area contributed by atoms with Crippen molar-refractivity contribution < 1.29 is 20.1 Å². The number of nitrogen functional groups attached to an aromatic ring is 1. The monoisotopic (exact) mass is 269 g/mol. The summed E-state index contributed by atoms with van der Waals surface area (Å²) < 4.78 is 6.83. The van der Waals surface area contributed by atoms with Gasteiger partial charge in [0.25, 0.3) is 0 Å². The van der Waals surface area contributed by atoms with Gasteiger partial charge < -0.3 is 25.8 Å². The minimum atomic E-state index is -0.830. The van der Waals surface area contributed by atoms with E-state index in [4.69, 9.17) is 20.7 Å². The highest BCUT2D eigenvalue weighted by molar-refractivity contribution is 5.81. The van der Waals surface area contributed by atoms with Crippen molar-refractivity contribution >= 4 is 17.0 Å². The Morgan fingerprint density at radius 3 is 2.53 bits per heavy atom. The van der Waals surface area contributed by atoms with Gasteiger partial charge in [0.1, 0.15) is 17.9 Å². The zero-order valence-corrected chi connectivity index (χ0v) is 10.0. The Hall–Kier alpha value is -1.81. The third-order valence-corrected chi connectivity index (χ3v) is 2.61. The summed E-state index contributed by atoms with van der Waals surface area (Å²) in [5.74, 6) is 0.223. The quantitative estimate of drug-likeness (QED) is 0.485. The molecule has 2 aromatic rings. The first kappa shape index (κ1) is 13.6. The number of ether oxygens (including phenoxy) is 1. The molecule has 0 aliphatic carbocycles. The molecule has 2 rings (SSSR count). The van der Waals surface area contributed by atoms with E-state index in [2.05, 4.69) is 15.0 Å². The molecular formula is C10H15N5O4. The van der Waals surface area contributed by atoms with Crippen LogP contribution in [0.1, 0.15) is 6.23 Å². The predicted octanol–water partition coefficient (Wildman–Crippen LogP) is -1.73. The molecule has 0 aliphatic heterocycles. The number of aromatic nitrogens is 4. The van der Waals surface area contributed by atoms with Gasteiger partial charge in [-0.05, 0) is 0 Å². The molecule has 2 heterocycles. The first-order valence-electron chi connectivity index (χ1n) is 5.62. The van der Waals surface area contributed by atoms with Gasteiger partial charge in [-0.25, -0.2) is 15.0 Å². The number of nitrogens with two attached hydrogens (primary N) is 1. The summed E-state index contributed by atoms with van der Waals surface area (Å²) in [6.45, 7) is -1.10. The van der Waals surface area contributed by atoms with Crippen LogP contribution in [-0.4, -0.2) is 60.8 Å². The van der Waals surface area contributed by atoms with Gasteiger partial charge in [-0.3, -0.25) is 4.57 Å². The minimum Gasteiger partial charge on any atom is -0.394 e. The Balaban J connectivity index is 2.33. The van der Waals surface area contributed by atoms with E-state index < -0.39 is 12.3 Å². The minimum absolute atomic E-state index is 0.223. The van der Waals surface area contributed by atoms with Crippen molar-refractivity contribution in [3.63, 3.8) is 0 Å². The molecule has 0 aliphatic rings. The van der Waals surface area contributed by atoms with Crippen LogP contribution in [0, 0.1) is 0 Å². The SMILES string of the molecule is Nc1ncnc2c1ncn2[C@@H](CO)OC(CO)CO. The van der Waals surface area contributed by atoms with E-state index in [1.165, 1.54) is 17.2 Å². The lowest BCUT2D eigenvalue weighted by atomic mass is 10.4. The Bertz CT molecular complexity index is 542. The first-order valence-corrected chi connectivity index (χ1v) is 5.62. The number of hydrogen-bond acceptors (Lipinski definition) is 8. The van der Waals surface area contributed by atoms with Crippen molar-refractivity contribution in [1.29, 1.82) is 0 Å². The fraction of sp³-hybridized carbons (Fsp3) is 0.500. The van der Waals surface area contributed by atoms with Gasteiger partial charge in [-0.2, -0.15) is 0 Å². The van der Waals surface area contributed by atoms with E-state index in [-0.39, 0.29) is 25.6 Å². The zero-order chi connectivity index (χ0) is 13.8. The lowest BCUT2D eigenvalue weighted by Crippen LogP contribution is -2.28. The highest BCUT2D eigenvalue weighted by Gasteiger charge is 2.20. The van der Waals surface area contributed by atoms with Gasteiger partial charge in [0.05, 0.1) is 26.1 Å². The fourth-order valence-corrected chi connectivity index (χ4v) is 1.64. The maximum atomic E-state index is 9.35. The van der Waals surface area contributed by atoms with E-state index in [9.17, 15) is 5.11 Å². The van der Waals surface area contributed by atoms with Crippen molar-refractivity contribution in [2.24, 2.45) is 0 Å². The van der Waals surface area contributed by atoms with E-state index in [0.29, 0.717) is 11.2 Å². The van der Waals surface area contributed by atoms with Crippen molar-refractivity contribution in [2.75, 3.05) is 25.6 Å². The van der Waals surface area contributed by atoms with Gasteiger partial charge in [-0.1, -0.05) is 0 Å². The Morgan fingerprint density at radius 1 is 1.16 bits per heavy atom. The predicted molar refractivity (Wildman–Crippen MR) is 64.9 cm³/mol. The van der Waals surface area contributed by atoms with Crippen LogP contribution >= 0.6 is 0 Å². The molecule has 2 aromatic heterocycles. The summed E-state index contributed by atoms with van der Waals surface area (Å²) >= 11 is 0. The molecule has 104 valence electrons. The van der Waals surface area contributed by atoms with Crippen LogP contribution in [-0.2, 0) is 4.74 Å². The third kappa shape index (κ3) is 2.63. The Kier molecular flexibility index (Phi) is 4.22. The van der Waals surface area contributed by atoms with Gasteiger partial charge in [0, 0.05) is 0 Å². The topological polar surface area (TPSA) is 140 Å². The van der Waals surface area contributed by atoms with Crippen LogP contribution in [0.5, 0.6) is 0 Å². The van der Waals surface area contributed by atoms with Gasteiger partial charge >= 0.3 is 0 Å². The number of fused-ring (bicyclic) bond motifs is 1. The summed E-state index contributed by atoms with van der Waals surface area (Å²) in [5.41, 5.74) is 6.46. The van der Waals surface area contributed by atoms with Gasteiger partial charge in [0.2, 0.25) is 0 Å². The summed E-state index contributed by atoms with van der Waals surface area (Å²) in [5, 5.41) is 27.3. The summed E-state index contributed by atoms with van der Waals surface area (Å²) in [4.78, 5) is 11.9. The van der Waals surface area contributed by atoms with Crippen molar-refractivity contribution in [1.82, 2.24) is 19.5 Å². The highest BCUT2D eigenvalue weighted by Crippen LogP contribution is 2.20. The lowest BCUT2D eigenvalue weighted by molar-refractivity contribution is -0.110. The molecule has 0 radical (unpaired) electrons. The number of hydrogen-bond donors (Lipinski definition) is 4. The average Bonchev–Trinajstić information content (AvgIpc) is 2.86. The molecule has 0 fully saturated rings. The van der Waals surface area contributed by atoms with Crippen LogP contribution in [0.25, 0.3) is 11.2 Å². The number of nitrogens with zero attached hydrogens (tertiary/aromatic N) is 4. The Labute approximate surface area is 108 Å². The second kappa shape index (κ2) is 5.89. The normalized spacial score (nSPS) is 13.3. The molecule has 0 bridgehead atoms. The average molecular weight is 269 g/mol. The third-order valence-electron chi connectivity index (χ3n) is 2.61. The molecular weight excluding hydrogens is 254 g/mol. The number of aliphatic hydroxyl groups is 3. The highest BCUT2D eigenvalue weighted by atomic mass is 16.5. The summed E-state index contributed by atoms with van der Waals surface area (Å²) in [6, 6.07) is 0. The van der Waals surface area contributed by atoms with E-state index in [1.807, 2.05) is 0 Å². The number of rotatable bonds is 6. The Morgan fingerprint density at radius 2 is 1.89 bits per heavy atom. The van der Waals surface area contributed by atoms with E-state index >= 15 is 0 Å². The smallest absolute Gasteiger partial charge is 0.167 e. The second-order valence-corrected chi connectivity index (χ2v) is 3.84. The van der Waals surface area contributed by atoms with Crippen molar-refractivity contribution in [2.45, 2.75) is 12.3 Å². The molecule has 9 nitrogen and oxygen atoms in total. The summed E-state index contributed by atoms with van der Waals surface area (Å²) in [7, 11) is 0. The molecule has 1 atom stereocenters. The van der Waals surface area contributed by atoms with Crippen molar-refractivity contribution in [3.05, 3.63) is 12.7 Å². The van der Waals surface area contributed by atoms with E-state index in [0.717, 1.165) is 0 Å². The van der Waals surface area contributed by atoms with Gasteiger partial charge in [-0.15, -0.1) is 0 Å². The van der Waals surface area contributed by atoms with Crippen LogP contribution < -0.4 is 5.73 Å². The van der Waals surface area contributed by atoms with Gasteiger partial charge in [0.15, 0.2) is 17.7 Å². The van der Waals surface area contributed by atoms with Crippen LogP contribution in [0.2, 0.25) is 0 Å². The molecule has 0 saturated carbocycles.